The minimum Gasteiger partial charge on any atom is -0.353 e. The van der Waals surface area contributed by atoms with Crippen molar-refractivity contribution in [3.8, 4) is 0 Å². The Bertz CT molecular complexity index is 851. The Morgan fingerprint density at radius 3 is 3.13 bits per heavy atom. The van der Waals surface area contributed by atoms with Gasteiger partial charge in [0.05, 0.1) is 22.1 Å². The predicted molar refractivity (Wildman–Crippen MR) is 88.4 cm³/mol. The highest BCUT2D eigenvalue weighted by atomic mass is 32.1. The van der Waals surface area contributed by atoms with E-state index < -0.39 is 0 Å². The second-order valence-electron chi connectivity index (χ2n) is 5.54. The standard InChI is InChI=1S/C15H15FN6S/c1-9-11(16)6-17-15(20-9)21-10-2-4-22(7-10)14-13-12(3-5-23-13)18-8-19-14/h3,5-6,8,10H,2,4,7H2,1H3,(H,17,20,21). The first-order valence-corrected chi connectivity index (χ1v) is 8.27. The number of aryl methyl sites for hydroxylation is 1. The summed E-state index contributed by atoms with van der Waals surface area (Å²) >= 11 is 1.66. The van der Waals surface area contributed by atoms with Gasteiger partial charge >= 0.3 is 0 Å². The fourth-order valence-corrected chi connectivity index (χ4v) is 3.64. The lowest BCUT2D eigenvalue weighted by molar-refractivity contribution is 0.601. The van der Waals surface area contributed by atoms with E-state index >= 15 is 0 Å². The SMILES string of the molecule is Cc1nc(NC2CCN(c3ncnc4ccsc34)C2)ncc1F. The Hall–Kier alpha value is -2.35. The number of halogens is 1. The Kier molecular flexibility index (Phi) is 3.53. The molecule has 1 fully saturated rings. The Morgan fingerprint density at radius 1 is 1.35 bits per heavy atom. The van der Waals surface area contributed by atoms with Gasteiger partial charge in [0.25, 0.3) is 0 Å². The summed E-state index contributed by atoms with van der Waals surface area (Å²) in [6.45, 7) is 3.35. The van der Waals surface area contributed by atoms with Crippen molar-refractivity contribution >= 4 is 33.3 Å². The molecule has 23 heavy (non-hydrogen) atoms. The average molecular weight is 330 g/mol. The second-order valence-corrected chi connectivity index (χ2v) is 6.45. The van der Waals surface area contributed by atoms with Crippen molar-refractivity contribution in [2.45, 2.75) is 19.4 Å². The Morgan fingerprint density at radius 2 is 2.26 bits per heavy atom. The van der Waals surface area contributed by atoms with Gasteiger partial charge in [-0.15, -0.1) is 11.3 Å². The van der Waals surface area contributed by atoms with Crippen LogP contribution in [0.3, 0.4) is 0 Å². The van der Waals surface area contributed by atoms with Gasteiger partial charge < -0.3 is 10.2 Å². The number of nitrogens with zero attached hydrogens (tertiary/aromatic N) is 5. The maximum Gasteiger partial charge on any atom is 0.223 e. The van der Waals surface area contributed by atoms with Crippen molar-refractivity contribution in [3.05, 3.63) is 35.5 Å². The maximum absolute atomic E-state index is 13.2. The van der Waals surface area contributed by atoms with Gasteiger partial charge in [-0.2, -0.15) is 0 Å². The highest BCUT2D eigenvalue weighted by Gasteiger charge is 2.25. The van der Waals surface area contributed by atoms with E-state index in [2.05, 4.69) is 30.2 Å². The molecule has 0 aromatic carbocycles. The minimum absolute atomic E-state index is 0.213. The molecule has 1 aliphatic heterocycles. The number of nitrogens with one attached hydrogen (secondary N) is 1. The molecule has 3 aromatic rings. The number of hydrogen-bond donors (Lipinski definition) is 1. The third-order valence-corrected chi connectivity index (χ3v) is 4.86. The molecular formula is C15H15FN6S. The summed E-state index contributed by atoms with van der Waals surface area (Å²) in [6, 6.07) is 2.22. The number of rotatable bonds is 3. The summed E-state index contributed by atoms with van der Waals surface area (Å²) < 4.78 is 14.4. The van der Waals surface area contributed by atoms with Crippen LogP contribution in [0.1, 0.15) is 12.1 Å². The maximum atomic E-state index is 13.2. The van der Waals surface area contributed by atoms with E-state index in [0.717, 1.165) is 35.5 Å². The van der Waals surface area contributed by atoms with Crippen LogP contribution in [0.2, 0.25) is 0 Å². The van der Waals surface area contributed by atoms with Crippen molar-refractivity contribution < 1.29 is 4.39 Å². The van der Waals surface area contributed by atoms with Crippen LogP contribution in [0.15, 0.2) is 24.0 Å². The normalized spacial score (nSPS) is 17.8. The van der Waals surface area contributed by atoms with Gasteiger partial charge in [0.2, 0.25) is 5.95 Å². The van der Waals surface area contributed by atoms with Crippen LogP contribution in [0.25, 0.3) is 10.2 Å². The molecule has 4 heterocycles. The molecule has 0 radical (unpaired) electrons. The molecule has 8 heteroatoms. The predicted octanol–water partition coefficient (Wildman–Crippen LogP) is 2.62. The molecule has 1 atom stereocenters. The van der Waals surface area contributed by atoms with Crippen LogP contribution >= 0.6 is 11.3 Å². The van der Waals surface area contributed by atoms with Crippen molar-refractivity contribution in [2.75, 3.05) is 23.3 Å². The lowest BCUT2D eigenvalue weighted by Crippen LogP contribution is -2.27. The molecule has 0 amide bonds. The van der Waals surface area contributed by atoms with E-state index in [0.29, 0.717) is 11.6 Å². The Balaban J connectivity index is 1.50. The Labute approximate surface area is 136 Å². The number of thiophene rings is 1. The zero-order valence-corrected chi connectivity index (χ0v) is 13.3. The lowest BCUT2D eigenvalue weighted by atomic mass is 10.3. The number of aromatic nitrogens is 4. The van der Waals surface area contributed by atoms with Crippen LogP contribution in [-0.4, -0.2) is 39.1 Å². The van der Waals surface area contributed by atoms with Crippen LogP contribution < -0.4 is 10.2 Å². The molecular weight excluding hydrogens is 315 g/mol. The number of hydrogen-bond acceptors (Lipinski definition) is 7. The van der Waals surface area contributed by atoms with E-state index in [-0.39, 0.29) is 11.9 Å². The van der Waals surface area contributed by atoms with Gasteiger partial charge in [-0.1, -0.05) is 0 Å². The number of fused-ring (bicyclic) bond motifs is 1. The summed E-state index contributed by atoms with van der Waals surface area (Å²) in [5, 5.41) is 5.31. The molecule has 1 unspecified atom stereocenters. The van der Waals surface area contributed by atoms with Gasteiger partial charge in [-0.3, -0.25) is 0 Å². The van der Waals surface area contributed by atoms with Crippen LogP contribution in [0, 0.1) is 12.7 Å². The molecule has 1 N–H and O–H groups in total. The van der Waals surface area contributed by atoms with Crippen molar-refractivity contribution in [1.29, 1.82) is 0 Å². The highest BCUT2D eigenvalue weighted by Crippen LogP contribution is 2.30. The first-order valence-electron chi connectivity index (χ1n) is 7.39. The summed E-state index contributed by atoms with van der Waals surface area (Å²) in [5.74, 6) is 1.06. The van der Waals surface area contributed by atoms with Gasteiger partial charge in [0.1, 0.15) is 12.1 Å². The van der Waals surface area contributed by atoms with Crippen molar-refractivity contribution in [2.24, 2.45) is 0 Å². The second kappa shape index (κ2) is 5.69. The summed E-state index contributed by atoms with van der Waals surface area (Å²) in [4.78, 5) is 19.1. The molecule has 0 spiro atoms. The molecule has 0 bridgehead atoms. The van der Waals surface area contributed by atoms with Gasteiger partial charge in [-0.25, -0.2) is 24.3 Å². The topological polar surface area (TPSA) is 66.8 Å². The first kappa shape index (κ1) is 14.3. The molecule has 3 aromatic heterocycles. The summed E-state index contributed by atoms with van der Waals surface area (Å²) in [7, 11) is 0. The third kappa shape index (κ3) is 2.70. The third-order valence-electron chi connectivity index (χ3n) is 3.96. The van der Waals surface area contributed by atoms with Gasteiger partial charge in [0, 0.05) is 19.1 Å². The molecule has 0 saturated carbocycles. The largest absolute Gasteiger partial charge is 0.353 e. The molecule has 1 saturated heterocycles. The smallest absolute Gasteiger partial charge is 0.223 e. The molecule has 0 aliphatic carbocycles. The fourth-order valence-electron chi connectivity index (χ4n) is 2.78. The van der Waals surface area contributed by atoms with E-state index in [9.17, 15) is 4.39 Å². The monoisotopic (exact) mass is 330 g/mol. The summed E-state index contributed by atoms with van der Waals surface area (Å²) in [6.07, 6.45) is 3.77. The van der Waals surface area contributed by atoms with E-state index in [4.69, 9.17) is 0 Å². The van der Waals surface area contributed by atoms with Crippen LogP contribution in [-0.2, 0) is 0 Å². The summed E-state index contributed by atoms with van der Waals surface area (Å²) in [5.41, 5.74) is 1.34. The minimum atomic E-state index is -0.385. The molecule has 1 aliphatic rings. The number of anilines is 2. The molecule has 6 nitrogen and oxygen atoms in total. The first-order chi connectivity index (χ1) is 11.2. The molecule has 4 rings (SSSR count). The van der Waals surface area contributed by atoms with E-state index in [1.54, 1.807) is 24.6 Å². The highest BCUT2D eigenvalue weighted by molar-refractivity contribution is 7.17. The van der Waals surface area contributed by atoms with Gasteiger partial charge in [-0.05, 0) is 24.8 Å². The van der Waals surface area contributed by atoms with E-state index in [1.807, 2.05) is 11.4 Å². The zero-order valence-electron chi connectivity index (χ0n) is 12.5. The van der Waals surface area contributed by atoms with Crippen molar-refractivity contribution in [1.82, 2.24) is 19.9 Å². The van der Waals surface area contributed by atoms with Crippen LogP contribution in [0.5, 0.6) is 0 Å². The lowest BCUT2D eigenvalue weighted by Gasteiger charge is -2.18. The average Bonchev–Trinajstić information content (AvgIpc) is 3.19. The van der Waals surface area contributed by atoms with Crippen molar-refractivity contribution in [3.63, 3.8) is 0 Å². The van der Waals surface area contributed by atoms with E-state index in [1.165, 1.54) is 6.20 Å². The fraction of sp³-hybridized carbons (Fsp3) is 0.333. The zero-order chi connectivity index (χ0) is 15.8. The van der Waals surface area contributed by atoms with Crippen LogP contribution in [0.4, 0.5) is 16.2 Å². The molecule has 118 valence electrons. The quantitative estimate of drug-likeness (QED) is 0.796. The van der Waals surface area contributed by atoms with Gasteiger partial charge in [0.15, 0.2) is 5.82 Å².